The van der Waals surface area contributed by atoms with Gasteiger partial charge in [-0.1, -0.05) is 19.1 Å². The second-order valence-corrected chi connectivity index (χ2v) is 3.78. The fourth-order valence-electron chi connectivity index (χ4n) is 1.27. The monoisotopic (exact) mass is 245 g/mol. The predicted octanol–water partition coefficient (Wildman–Crippen LogP) is 3.26. The van der Waals surface area contributed by atoms with Crippen LogP contribution in [-0.2, 0) is 0 Å². The molecule has 0 aromatic heterocycles. The third-order valence-corrected chi connectivity index (χ3v) is 2.57. The molecule has 0 aliphatic heterocycles. The second-order valence-electron chi connectivity index (χ2n) is 2.92. The van der Waals surface area contributed by atoms with Gasteiger partial charge in [0.05, 0.1) is 4.47 Å². The van der Waals surface area contributed by atoms with E-state index in [9.17, 15) is 4.39 Å². The number of hydrogen-bond acceptors (Lipinski definition) is 1. The molecule has 72 valence electrons. The summed E-state index contributed by atoms with van der Waals surface area (Å²) >= 11 is 3.16. The van der Waals surface area contributed by atoms with Crippen molar-refractivity contribution in [3.63, 3.8) is 0 Å². The molecule has 0 saturated heterocycles. The summed E-state index contributed by atoms with van der Waals surface area (Å²) in [6.45, 7) is 4.80. The van der Waals surface area contributed by atoms with Crippen LogP contribution in [0.5, 0.6) is 0 Å². The van der Waals surface area contributed by atoms with E-state index in [1.54, 1.807) is 12.1 Å². The second kappa shape index (κ2) is 4.72. The van der Waals surface area contributed by atoms with E-state index in [1.807, 2.05) is 19.9 Å². The van der Waals surface area contributed by atoms with Crippen molar-refractivity contribution < 1.29 is 4.39 Å². The molecule has 1 unspecified atom stereocenters. The Kier molecular flexibility index (Phi) is 3.88. The number of halogens is 2. The maximum absolute atomic E-state index is 13.5. The topological polar surface area (TPSA) is 12.0 Å². The minimum atomic E-state index is -0.170. The van der Waals surface area contributed by atoms with Crippen LogP contribution in [0.4, 0.5) is 4.39 Å². The van der Waals surface area contributed by atoms with Gasteiger partial charge in [0, 0.05) is 11.6 Å². The van der Waals surface area contributed by atoms with Gasteiger partial charge in [0.25, 0.3) is 0 Å². The molecule has 1 rings (SSSR count). The molecule has 0 amide bonds. The van der Waals surface area contributed by atoms with Crippen molar-refractivity contribution in [2.45, 2.75) is 19.9 Å². The molecule has 1 nitrogen and oxygen atoms in total. The lowest BCUT2D eigenvalue weighted by atomic mass is 10.1. The zero-order chi connectivity index (χ0) is 9.84. The number of nitrogens with one attached hydrogen (secondary N) is 1. The normalized spacial score (nSPS) is 12.9. The Hall–Kier alpha value is -0.410. The fourth-order valence-corrected chi connectivity index (χ4v) is 1.65. The number of hydrogen-bond donors (Lipinski definition) is 1. The van der Waals surface area contributed by atoms with Gasteiger partial charge in [-0.25, -0.2) is 4.39 Å². The lowest BCUT2D eigenvalue weighted by Crippen LogP contribution is -2.18. The first-order valence-corrected chi connectivity index (χ1v) is 5.13. The summed E-state index contributed by atoms with van der Waals surface area (Å²) in [5, 5.41) is 3.17. The smallest absolute Gasteiger partial charge is 0.142 e. The Morgan fingerprint density at radius 3 is 2.85 bits per heavy atom. The molecule has 3 heteroatoms. The summed E-state index contributed by atoms with van der Waals surface area (Å²) in [7, 11) is 0. The Morgan fingerprint density at radius 1 is 1.54 bits per heavy atom. The fraction of sp³-hybridized carbons (Fsp3) is 0.400. The Labute approximate surface area is 86.5 Å². The van der Waals surface area contributed by atoms with Crippen molar-refractivity contribution in [1.82, 2.24) is 5.32 Å². The first kappa shape index (κ1) is 10.7. The van der Waals surface area contributed by atoms with E-state index in [2.05, 4.69) is 21.2 Å². The number of benzene rings is 1. The van der Waals surface area contributed by atoms with Gasteiger partial charge in [-0.05, 0) is 35.5 Å². The average Bonchev–Trinajstić information content (AvgIpc) is 2.10. The maximum atomic E-state index is 13.5. The molecule has 0 saturated carbocycles. The van der Waals surface area contributed by atoms with Crippen LogP contribution in [0.3, 0.4) is 0 Å². The Morgan fingerprint density at radius 2 is 2.23 bits per heavy atom. The highest BCUT2D eigenvalue weighted by Gasteiger charge is 2.11. The standard InChI is InChI=1S/C10H13BrFN/c1-3-13-7(2)8-5-4-6-9(11)10(8)12/h4-7,13H,3H2,1-2H3. The highest BCUT2D eigenvalue weighted by atomic mass is 79.9. The van der Waals surface area contributed by atoms with E-state index >= 15 is 0 Å². The van der Waals surface area contributed by atoms with E-state index in [4.69, 9.17) is 0 Å². The first-order chi connectivity index (χ1) is 6.16. The van der Waals surface area contributed by atoms with Crippen molar-refractivity contribution in [2.75, 3.05) is 6.54 Å². The summed E-state index contributed by atoms with van der Waals surface area (Å²) in [4.78, 5) is 0. The van der Waals surface area contributed by atoms with Gasteiger partial charge in [-0.15, -0.1) is 0 Å². The van der Waals surface area contributed by atoms with Gasteiger partial charge < -0.3 is 5.32 Å². The zero-order valence-electron chi connectivity index (χ0n) is 7.77. The molecule has 0 radical (unpaired) electrons. The van der Waals surface area contributed by atoms with E-state index in [-0.39, 0.29) is 11.9 Å². The molecule has 13 heavy (non-hydrogen) atoms. The highest BCUT2D eigenvalue weighted by Crippen LogP contribution is 2.23. The van der Waals surface area contributed by atoms with Gasteiger partial charge >= 0.3 is 0 Å². The molecule has 1 aromatic rings. The van der Waals surface area contributed by atoms with Crippen molar-refractivity contribution in [3.05, 3.63) is 34.1 Å². The van der Waals surface area contributed by atoms with Crippen molar-refractivity contribution in [1.29, 1.82) is 0 Å². The van der Waals surface area contributed by atoms with Gasteiger partial charge in [0.1, 0.15) is 5.82 Å². The predicted molar refractivity (Wildman–Crippen MR) is 56.2 cm³/mol. The van der Waals surface area contributed by atoms with Crippen LogP contribution < -0.4 is 5.32 Å². The van der Waals surface area contributed by atoms with Crippen LogP contribution in [0, 0.1) is 5.82 Å². The molecule has 0 heterocycles. The maximum Gasteiger partial charge on any atom is 0.142 e. The lowest BCUT2D eigenvalue weighted by molar-refractivity contribution is 0.537. The Bertz CT molecular complexity index is 288. The van der Waals surface area contributed by atoms with Gasteiger partial charge in [0.15, 0.2) is 0 Å². The largest absolute Gasteiger partial charge is 0.310 e. The van der Waals surface area contributed by atoms with Crippen LogP contribution in [0.15, 0.2) is 22.7 Å². The van der Waals surface area contributed by atoms with Crippen LogP contribution in [0.25, 0.3) is 0 Å². The van der Waals surface area contributed by atoms with Gasteiger partial charge in [-0.3, -0.25) is 0 Å². The molecule has 1 N–H and O–H groups in total. The zero-order valence-corrected chi connectivity index (χ0v) is 9.36. The van der Waals surface area contributed by atoms with Crippen molar-refractivity contribution in [3.8, 4) is 0 Å². The molecule has 0 spiro atoms. The molecule has 0 fully saturated rings. The molecule has 0 aliphatic carbocycles. The van der Waals surface area contributed by atoms with E-state index in [0.29, 0.717) is 10.0 Å². The average molecular weight is 246 g/mol. The van der Waals surface area contributed by atoms with Crippen LogP contribution in [0.2, 0.25) is 0 Å². The van der Waals surface area contributed by atoms with E-state index < -0.39 is 0 Å². The van der Waals surface area contributed by atoms with Crippen molar-refractivity contribution >= 4 is 15.9 Å². The molecule has 0 aliphatic rings. The highest BCUT2D eigenvalue weighted by molar-refractivity contribution is 9.10. The third-order valence-electron chi connectivity index (χ3n) is 1.96. The molecule has 0 bridgehead atoms. The summed E-state index contributed by atoms with van der Waals surface area (Å²) in [6.07, 6.45) is 0. The van der Waals surface area contributed by atoms with Crippen LogP contribution >= 0.6 is 15.9 Å². The molecular formula is C10H13BrFN. The minimum Gasteiger partial charge on any atom is -0.310 e. The SMILES string of the molecule is CCNC(C)c1cccc(Br)c1F. The summed E-state index contributed by atoms with van der Waals surface area (Å²) in [5.41, 5.74) is 0.705. The van der Waals surface area contributed by atoms with E-state index in [0.717, 1.165) is 6.54 Å². The van der Waals surface area contributed by atoms with E-state index in [1.165, 1.54) is 0 Å². The van der Waals surface area contributed by atoms with Gasteiger partial charge in [0.2, 0.25) is 0 Å². The minimum absolute atomic E-state index is 0.0579. The summed E-state index contributed by atoms with van der Waals surface area (Å²) < 4.78 is 14.0. The van der Waals surface area contributed by atoms with Crippen molar-refractivity contribution in [2.24, 2.45) is 0 Å². The Balaban J connectivity index is 2.93. The summed E-state index contributed by atoms with van der Waals surface area (Å²) in [5.74, 6) is -0.170. The van der Waals surface area contributed by atoms with Crippen LogP contribution in [0.1, 0.15) is 25.5 Å². The molecule has 1 atom stereocenters. The third kappa shape index (κ3) is 2.51. The molecule has 1 aromatic carbocycles. The lowest BCUT2D eigenvalue weighted by Gasteiger charge is -2.13. The number of rotatable bonds is 3. The quantitative estimate of drug-likeness (QED) is 0.863. The van der Waals surface area contributed by atoms with Gasteiger partial charge in [-0.2, -0.15) is 0 Å². The summed E-state index contributed by atoms with van der Waals surface area (Å²) in [6, 6.07) is 5.41. The molecular weight excluding hydrogens is 233 g/mol. The van der Waals surface area contributed by atoms with Crippen LogP contribution in [-0.4, -0.2) is 6.54 Å². The first-order valence-electron chi connectivity index (χ1n) is 4.34.